The Labute approximate surface area is 249 Å². The van der Waals surface area contributed by atoms with Gasteiger partial charge in [0.15, 0.2) is 5.82 Å². The fourth-order valence-corrected chi connectivity index (χ4v) is 6.10. The van der Waals surface area contributed by atoms with E-state index >= 15 is 0 Å². The van der Waals surface area contributed by atoms with Crippen molar-refractivity contribution in [2.24, 2.45) is 0 Å². The lowest BCUT2D eigenvalue weighted by Gasteiger charge is -2.13. The number of hydrogen-bond donors (Lipinski definition) is 0. The monoisotopic (exact) mass is 550 g/mol. The number of imidazole rings is 1. The molecule has 0 aliphatic heterocycles. The van der Waals surface area contributed by atoms with E-state index in [1.165, 1.54) is 0 Å². The van der Waals surface area contributed by atoms with Gasteiger partial charge in [-0.15, -0.1) is 0 Å². The quantitative estimate of drug-likeness (QED) is 0.214. The summed E-state index contributed by atoms with van der Waals surface area (Å²) in [7, 11) is 0. The first kappa shape index (κ1) is 24.9. The van der Waals surface area contributed by atoms with Gasteiger partial charge in [0.2, 0.25) is 0 Å². The van der Waals surface area contributed by atoms with Gasteiger partial charge >= 0.3 is 0 Å². The van der Waals surface area contributed by atoms with Crippen LogP contribution in [0.15, 0.2) is 134 Å². The molecule has 0 bridgehead atoms. The molecule has 3 heterocycles. The van der Waals surface area contributed by atoms with Crippen LogP contribution in [0.4, 0.5) is 0 Å². The van der Waals surface area contributed by atoms with Gasteiger partial charge in [-0.25, -0.2) is 15.0 Å². The smallest absolute Gasteiger partial charge is 0.160 e. The average Bonchev–Trinajstić information content (AvgIpc) is 3.47. The summed E-state index contributed by atoms with van der Waals surface area (Å²) >= 11 is 0. The van der Waals surface area contributed by atoms with Crippen molar-refractivity contribution in [1.29, 1.82) is 0 Å². The zero-order valence-electron chi connectivity index (χ0n) is 23.4. The minimum absolute atomic E-state index is 0.709. The van der Waals surface area contributed by atoms with E-state index in [-0.39, 0.29) is 0 Å². The van der Waals surface area contributed by atoms with Crippen LogP contribution < -0.4 is 0 Å². The van der Waals surface area contributed by atoms with E-state index in [1.807, 2.05) is 60.7 Å². The van der Waals surface area contributed by atoms with Gasteiger partial charge in [-0.05, 0) is 46.9 Å². The molecule has 43 heavy (non-hydrogen) atoms. The van der Waals surface area contributed by atoms with Crippen LogP contribution >= 0.6 is 0 Å². The van der Waals surface area contributed by atoms with Gasteiger partial charge in [-0.1, -0.05) is 116 Å². The maximum absolute atomic E-state index is 5.04. The first-order valence-corrected chi connectivity index (χ1v) is 14.3. The summed E-state index contributed by atoms with van der Waals surface area (Å²) < 4.78 is 2.19. The molecule has 4 heteroatoms. The number of pyridine rings is 1. The topological polar surface area (TPSA) is 43.1 Å². The molecule has 8 rings (SSSR count). The van der Waals surface area contributed by atoms with Crippen LogP contribution in [0.3, 0.4) is 0 Å². The highest BCUT2D eigenvalue weighted by Crippen LogP contribution is 2.35. The Balaban J connectivity index is 1.27. The Bertz CT molecular complexity index is 2360. The SMILES string of the molecule is C=Cc1c(C=C)n2c3ccccc3nc2c2cc(-c3ccc(-c4nc(-c5ccccc5)c5ccccc5n4)cc3)ccc12. The molecule has 0 amide bonds. The standard InChI is InChI=1S/C39H26N4/c1-3-29-30-23-22-28(24-32(30)39-41-34-16-10-11-17-36(34)43(39)35(29)4-2)25-18-20-27(21-19-25)38-40-33-15-9-8-14-31(33)37(42-38)26-12-6-5-7-13-26/h3-24H,1-2H2. The van der Waals surface area contributed by atoms with Crippen molar-refractivity contribution in [3.63, 3.8) is 0 Å². The van der Waals surface area contributed by atoms with Gasteiger partial charge in [0.05, 0.1) is 27.9 Å². The number of fused-ring (bicyclic) bond motifs is 6. The highest BCUT2D eigenvalue weighted by Gasteiger charge is 2.16. The second-order valence-corrected chi connectivity index (χ2v) is 10.6. The molecule has 0 spiro atoms. The molecule has 4 nitrogen and oxygen atoms in total. The molecule has 0 aliphatic carbocycles. The van der Waals surface area contributed by atoms with E-state index in [0.29, 0.717) is 5.82 Å². The average molecular weight is 551 g/mol. The van der Waals surface area contributed by atoms with E-state index in [2.05, 4.69) is 90.4 Å². The van der Waals surface area contributed by atoms with E-state index in [9.17, 15) is 0 Å². The molecule has 0 saturated carbocycles. The van der Waals surface area contributed by atoms with Gasteiger partial charge in [0, 0.05) is 27.5 Å². The third kappa shape index (κ3) is 3.96. The Morgan fingerprint density at radius 2 is 1.21 bits per heavy atom. The van der Waals surface area contributed by atoms with Gasteiger partial charge < -0.3 is 0 Å². The lowest BCUT2D eigenvalue weighted by molar-refractivity contribution is 1.21. The van der Waals surface area contributed by atoms with Crippen LogP contribution in [0.25, 0.3) is 84.3 Å². The lowest BCUT2D eigenvalue weighted by Crippen LogP contribution is -1.97. The summed E-state index contributed by atoms with van der Waals surface area (Å²) in [6.45, 7) is 8.24. The van der Waals surface area contributed by atoms with Crippen molar-refractivity contribution in [2.45, 2.75) is 0 Å². The highest BCUT2D eigenvalue weighted by atomic mass is 15.0. The van der Waals surface area contributed by atoms with Crippen LogP contribution in [0.5, 0.6) is 0 Å². The number of rotatable bonds is 5. The Kier molecular flexibility index (Phi) is 5.73. The predicted molar refractivity (Wildman–Crippen MR) is 180 cm³/mol. The minimum atomic E-state index is 0.709. The molecule has 0 unspecified atom stereocenters. The molecule has 0 aliphatic rings. The molecule has 0 saturated heterocycles. The number of benzene rings is 5. The normalized spacial score (nSPS) is 11.4. The molecule has 0 atom stereocenters. The highest BCUT2D eigenvalue weighted by molar-refractivity contribution is 6.06. The van der Waals surface area contributed by atoms with E-state index in [1.54, 1.807) is 0 Å². The zero-order chi connectivity index (χ0) is 28.9. The van der Waals surface area contributed by atoms with Gasteiger partial charge in [0.1, 0.15) is 5.65 Å². The fourth-order valence-electron chi connectivity index (χ4n) is 6.10. The van der Waals surface area contributed by atoms with Crippen LogP contribution in [0, 0.1) is 0 Å². The number of hydrogen-bond acceptors (Lipinski definition) is 3. The van der Waals surface area contributed by atoms with E-state index in [4.69, 9.17) is 15.0 Å². The second-order valence-electron chi connectivity index (χ2n) is 10.6. The molecular weight excluding hydrogens is 524 g/mol. The van der Waals surface area contributed by atoms with Crippen LogP contribution in [0.1, 0.15) is 11.3 Å². The summed E-state index contributed by atoms with van der Waals surface area (Å²) in [5.41, 5.74) is 11.1. The Morgan fingerprint density at radius 1 is 0.512 bits per heavy atom. The van der Waals surface area contributed by atoms with Crippen LogP contribution in [0.2, 0.25) is 0 Å². The maximum Gasteiger partial charge on any atom is 0.160 e. The molecule has 3 aromatic heterocycles. The molecule has 0 radical (unpaired) electrons. The summed E-state index contributed by atoms with van der Waals surface area (Å²) in [5, 5.41) is 3.22. The molecule has 202 valence electrons. The van der Waals surface area contributed by atoms with Crippen LogP contribution in [-0.2, 0) is 0 Å². The number of nitrogens with zero attached hydrogens (tertiary/aromatic N) is 4. The van der Waals surface area contributed by atoms with Gasteiger partial charge in [-0.2, -0.15) is 0 Å². The van der Waals surface area contributed by atoms with E-state index in [0.717, 1.165) is 77.6 Å². The summed E-state index contributed by atoms with van der Waals surface area (Å²) in [5.74, 6) is 0.709. The first-order valence-electron chi connectivity index (χ1n) is 14.3. The van der Waals surface area contributed by atoms with Crippen LogP contribution in [-0.4, -0.2) is 19.4 Å². The molecular formula is C39H26N4. The van der Waals surface area contributed by atoms with Gasteiger partial charge in [0.25, 0.3) is 0 Å². The largest absolute Gasteiger partial charge is 0.292 e. The van der Waals surface area contributed by atoms with Crippen molar-refractivity contribution in [3.8, 4) is 33.8 Å². The second kappa shape index (κ2) is 9.89. The maximum atomic E-state index is 5.04. The fraction of sp³-hybridized carbons (Fsp3) is 0. The first-order chi connectivity index (χ1) is 21.2. The molecule has 5 aromatic carbocycles. The van der Waals surface area contributed by atoms with Crippen molar-refractivity contribution in [3.05, 3.63) is 146 Å². The molecule has 8 aromatic rings. The van der Waals surface area contributed by atoms with Crippen molar-refractivity contribution < 1.29 is 0 Å². The Hall–Kier alpha value is -5.87. The van der Waals surface area contributed by atoms with E-state index < -0.39 is 0 Å². The third-order valence-electron chi connectivity index (χ3n) is 8.15. The molecule has 0 fully saturated rings. The molecule has 0 N–H and O–H groups in total. The van der Waals surface area contributed by atoms with Crippen molar-refractivity contribution >= 4 is 50.5 Å². The number of para-hydroxylation sites is 3. The summed E-state index contributed by atoms with van der Waals surface area (Å²) in [6.07, 6.45) is 3.80. The van der Waals surface area contributed by atoms with Gasteiger partial charge in [-0.3, -0.25) is 4.40 Å². The summed E-state index contributed by atoms with van der Waals surface area (Å²) in [6, 6.07) is 41.7. The van der Waals surface area contributed by atoms with Crippen molar-refractivity contribution in [1.82, 2.24) is 19.4 Å². The third-order valence-corrected chi connectivity index (χ3v) is 8.15. The number of aromatic nitrogens is 4. The zero-order valence-corrected chi connectivity index (χ0v) is 23.4. The summed E-state index contributed by atoms with van der Waals surface area (Å²) in [4.78, 5) is 15.0. The Morgan fingerprint density at radius 3 is 2.00 bits per heavy atom. The minimum Gasteiger partial charge on any atom is -0.292 e. The lowest BCUT2D eigenvalue weighted by atomic mass is 9.97. The van der Waals surface area contributed by atoms with Crippen molar-refractivity contribution in [2.75, 3.05) is 0 Å². The predicted octanol–water partition coefficient (Wildman–Crippen LogP) is 9.87.